The molecule has 6 heteroatoms. The van der Waals surface area contributed by atoms with E-state index in [-0.39, 0.29) is 12.1 Å². The molecule has 3 N–H and O–H groups in total. The number of anilines is 1. The highest BCUT2D eigenvalue weighted by molar-refractivity contribution is 5.70. The molecule has 0 aliphatic carbocycles. The molecule has 22 heavy (non-hydrogen) atoms. The van der Waals surface area contributed by atoms with Crippen molar-refractivity contribution in [1.29, 1.82) is 0 Å². The highest BCUT2D eigenvalue weighted by atomic mass is 19.4. The van der Waals surface area contributed by atoms with E-state index in [4.69, 9.17) is 10.8 Å². The summed E-state index contributed by atoms with van der Waals surface area (Å²) in [6.45, 7) is 0. The fraction of sp³-hybridized carbons (Fsp3) is 0.188. The van der Waals surface area contributed by atoms with Crippen molar-refractivity contribution >= 4 is 11.7 Å². The first kappa shape index (κ1) is 15.9. The molecule has 0 unspecified atom stereocenters. The second kappa shape index (κ2) is 6.09. The van der Waals surface area contributed by atoms with Gasteiger partial charge in [0.1, 0.15) is 0 Å². The van der Waals surface area contributed by atoms with Gasteiger partial charge in [-0.2, -0.15) is 13.2 Å². The van der Waals surface area contributed by atoms with Crippen molar-refractivity contribution in [3.63, 3.8) is 0 Å². The van der Waals surface area contributed by atoms with Gasteiger partial charge in [-0.05, 0) is 35.2 Å². The van der Waals surface area contributed by atoms with Crippen LogP contribution in [0.25, 0.3) is 0 Å². The Kier molecular flexibility index (Phi) is 4.40. The number of nitrogen functional groups attached to an aromatic ring is 1. The van der Waals surface area contributed by atoms with Crippen LogP contribution in [0.3, 0.4) is 0 Å². The molecule has 0 amide bonds. The molecule has 0 bridgehead atoms. The van der Waals surface area contributed by atoms with Crippen LogP contribution < -0.4 is 5.73 Å². The first-order valence-electron chi connectivity index (χ1n) is 6.51. The quantitative estimate of drug-likeness (QED) is 0.850. The zero-order valence-corrected chi connectivity index (χ0v) is 11.5. The van der Waals surface area contributed by atoms with Crippen LogP contribution in [0.15, 0.2) is 42.5 Å². The number of nitrogens with two attached hydrogens (primary N) is 1. The minimum atomic E-state index is -4.41. The Balaban J connectivity index is 2.15. The highest BCUT2D eigenvalue weighted by Crippen LogP contribution is 2.31. The largest absolute Gasteiger partial charge is 0.481 e. The molecule has 2 aromatic rings. The van der Waals surface area contributed by atoms with Crippen molar-refractivity contribution < 1.29 is 23.1 Å². The fourth-order valence-electron chi connectivity index (χ4n) is 2.10. The van der Waals surface area contributed by atoms with Gasteiger partial charge in [0.25, 0.3) is 0 Å². The van der Waals surface area contributed by atoms with Crippen molar-refractivity contribution in [3.05, 3.63) is 64.7 Å². The average molecular weight is 309 g/mol. The van der Waals surface area contributed by atoms with Crippen molar-refractivity contribution in [3.8, 4) is 0 Å². The van der Waals surface area contributed by atoms with Crippen LogP contribution in [-0.2, 0) is 23.8 Å². The first-order chi connectivity index (χ1) is 10.3. The number of aliphatic carboxylic acids is 1. The van der Waals surface area contributed by atoms with Gasteiger partial charge < -0.3 is 10.8 Å². The van der Waals surface area contributed by atoms with Crippen LogP contribution in [0, 0.1) is 0 Å². The summed E-state index contributed by atoms with van der Waals surface area (Å²) in [6.07, 6.45) is -4.09. The van der Waals surface area contributed by atoms with Gasteiger partial charge in [0.05, 0.1) is 12.0 Å². The lowest BCUT2D eigenvalue weighted by molar-refractivity contribution is -0.138. The molecule has 3 nitrogen and oxygen atoms in total. The molecule has 2 rings (SSSR count). The Labute approximate surface area is 125 Å². The maximum Gasteiger partial charge on any atom is 0.416 e. The molecule has 0 saturated carbocycles. The third-order valence-electron chi connectivity index (χ3n) is 3.25. The molecular weight excluding hydrogens is 295 g/mol. The summed E-state index contributed by atoms with van der Waals surface area (Å²) in [5.41, 5.74) is 7.11. The Morgan fingerprint density at radius 2 is 1.64 bits per heavy atom. The third kappa shape index (κ3) is 4.00. The van der Waals surface area contributed by atoms with E-state index < -0.39 is 17.7 Å². The number of alkyl halides is 3. The molecule has 0 spiro atoms. The van der Waals surface area contributed by atoms with E-state index in [1.807, 2.05) is 0 Å². The normalized spacial score (nSPS) is 11.4. The summed E-state index contributed by atoms with van der Waals surface area (Å²) in [5.74, 6) is -0.917. The second-order valence-corrected chi connectivity index (χ2v) is 4.98. The molecule has 0 aliphatic rings. The molecule has 0 aliphatic heterocycles. The van der Waals surface area contributed by atoms with E-state index in [0.29, 0.717) is 17.5 Å². The number of carboxylic acid groups (broad SMARTS) is 1. The van der Waals surface area contributed by atoms with E-state index >= 15 is 0 Å². The monoisotopic (exact) mass is 309 g/mol. The summed E-state index contributed by atoms with van der Waals surface area (Å²) in [4.78, 5) is 10.6. The lowest BCUT2D eigenvalue weighted by Gasteiger charge is -2.11. The highest BCUT2D eigenvalue weighted by Gasteiger charge is 2.30. The van der Waals surface area contributed by atoms with Crippen LogP contribution in [-0.4, -0.2) is 11.1 Å². The van der Waals surface area contributed by atoms with Crippen molar-refractivity contribution in [2.75, 3.05) is 5.73 Å². The zero-order valence-electron chi connectivity index (χ0n) is 11.5. The topological polar surface area (TPSA) is 63.3 Å². The average Bonchev–Trinajstić information content (AvgIpc) is 2.41. The van der Waals surface area contributed by atoms with E-state index in [0.717, 1.165) is 17.7 Å². The number of carboxylic acids is 1. The molecule has 0 aromatic heterocycles. The van der Waals surface area contributed by atoms with Crippen LogP contribution >= 0.6 is 0 Å². The zero-order chi connectivity index (χ0) is 16.3. The van der Waals surface area contributed by atoms with E-state index in [9.17, 15) is 18.0 Å². The molecule has 116 valence electrons. The Morgan fingerprint density at radius 1 is 1.05 bits per heavy atom. The summed E-state index contributed by atoms with van der Waals surface area (Å²) in [7, 11) is 0. The number of rotatable bonds is 4. The standard InChI is InChI=1S/C16H14F3NO2/c17-16(18,19)13-6-5-12(14(20)9-13)7-10-1-3-11(4-2-10)8-15(21)22/h1-6,9H,7-8,20H2,(H,21,22). The molecule has 0 saturated heterocycles. The Hall–Kier alpha value is -2.50. The predicted molar refractivity (Wildman–Crippen MR) is 76.4 cm³/mol. The molecular formula is C16H14F3NO2. The van der Waals surface area contributed by atoms with Gasteiger partial charge in [-0.3, -0.25) is 4.79 Å². The molecule has 0 heterocycles. The van der Waals surface area contributed by atoms with Gasteiger partial charge in [0.15, 0.2) is 0 Å². The van der Waals surface area contributed by atoms with Gasteiger partial charge in [-0.15, -0.1) is 0 Å². The molecule has 2 aromatic carbocycles. The van der Waals surface area contributed by atoms with Gasteiger partial charge >= 0.3 is 12.1 Å². The Bertz CT molecular complexity index is 679. The summed E-state index contributed by atoms with van der Waals surface area (Å²) in [6, 6.07) is 10.2. The maximum absolute atomic E-state index is 12.6. The minimum Gasteiger partial charge on any atom is -0.481 e. The van der Waals surface area contributed by atoms with Crippen LogP contribution in [0.2, 0.25) is 0 Å². The number of halogens is 3. The van der Waals surface area contributed by atoms with Gasteiger partial charge in [0.2, 0.25) is 0 Å². The SMILES string of the molecule is Nc1cc(C(F)(F)F)ccc1Cc1ccc(CC(=O)O)cc1. The summed E-state index contributed by atoms with van der Waals surface area (Å²) in [5, 5.41) is 8.69. The predicted octanol–water partition coefficient (Wildman–Crippen LogP) is 3.51. The number of benzene rings is 2. The lowest BCUT2D eigenvalue weighted by atomic mass is 10.00. The fourth-order valence-corrected chi connectivity index (χ4v) is 2.10. The number of hydrogen-bond acceptors (Lipinski definition) is 2. The maximum atomic E-state index is 12.6. The van der Waals surface area contributed by atoms with Crippen LogP contribution in [0.5, 0.6) is 0 Å². The van der Waals surface area contributed by atoms with Crippen molar-refractivity contribution in [1.82, 2.24) is 0 Å². The van der Waals surface area contributed by atoms with Gasteiger partial charge in [-0.25, -0.2) is 0 Å². The molecule has 0 atom stereocenters. The summed E-state index contributed by atoms with van der Waals surface area (Å²) < 4.78 is 37.7. The number of carbonyl (C=O) groups is 1. The van der Waals surface area contributed by atoms with Crippen LogP contribution in [0.1, 0.15) is 22.3 Å². The Morgan fingerprint density at radius 3 is 2.14 bits per heavy atom. The lowest BCUT2D eigenvalue weighted by Crippen LogP contribution is -2.07. The molecule has 0 fully saturated rings. The number of hydrogen-bond donors (Lipinski definition) is 2. The third-order valence-corrected chi connectivity index (χ3v) is 3.25. The van der Waals surface area contributed by atoms with Gasteiger partial charge in [-0.1, -0.05) is 30.3 Å². The van der Waals surface area contributed by atoms with E-state index in [1.165, 1.54) is 6.07 Å². The van der Waals surface area contributed by atoms with E-state index in [2.05, 4.69) is 0 Å². The first-order valence-corrected chi connectivity index (χ1v) is 6.51. The van der Waals surface area contributed by atoms with Crippen LogP contribution in [0.4, 0.5) is 18.9 Å². The summed E-state index contributed by atoms with van der Waals surface area (Å²) >= 11 is 0. The van der Waals surface area contributed by atoms with Crippen molar-refractivity contribution in [2.24, 2.45) is 0 Å². The smallest absolute Gasteiger partial charge is 0.416 e. The van der Waals surface area contributed by atoms with E-state index in [1.54, 1.807) is 24.3 Å². The minimum absolute atomic E-state index is 0.0668. The van der Waals surface area contributed by atoms with Crippen molar-refractivity contribution in [2.45, 2.75) is 19.0 Å². The second-order valence-electron chi connectivity index (χ2n) is 4.98. The molecule has 0 radical (unpaired) electrons. The van der Waals surface area contributed by atoms with Gasteiger partial charge in [0, 0.05) is 5.69 Å².